The van der Waals surface area contributed by atoms with Crippen molar-refractivity contribution >= 4 is 41.0 Å². The first kappa shape index (κ1) is 56.4. The Balaban J connectivity index is 0.000000207. The molecule has 3 aliphatic rings. The third-order valence-electron chi connectivity index (χ3n) is 11.9. The number of anilines is 1. The fraction of sp³-hybridized carbons (Fsp3) is 0.264. The van der Waals surface area contributed by atoms with E-state index >= 15 is 0 Å². The fourth-order valence-electron chi connectivity index (χ4n) is 8.65. The van der Waals surface area contributed by atoms with E-state index in [1.807, 2.05) is 0 Å². The Morgan fingerprint density at radius 1 is 0.676 bits per heavy atom. The van der Waals surface area contributed by atoms with Crippen LogP contribution in [0.5, 0.6) is 0 Å². The molecule has 0 saturated carbocycles. The Morgan fingerprint density at radius 2 is 1.15 bits per heavy atom. The molecule has 1 atom stereocenters. The number of carbonyl (C=O) groups is 5. The normalized spacial score (nSPS) is 14.1. The van der Waals surface area contributed by atoms with Crippen LogP contribution < -0.4 is 28.2 Å². The number of fused-ring (bicyclic) bond motifs is 4. The molecule has 2 aromatic heterocycles. The van der Waals surface area contributed by atoms with Gasteiger partial charge in [-0.1, -0.05) is 60.2 Å². The van der Waals surface area contributed by atoms with Gasteiger partial charge in [-0.25, -0.2) is 9.59 Å². The molecule has 3 aliphatic carbocycles. The maximum Gasteiger partial charge on any atom is 0.416 e. The van der Waals surface area contributed by atoms with Crippen LogP contribution in [0.4, 0.5) is 32.2 Å². The second-order valence-electron chi connectivity index (χ2n) is 17.1. The second kappa shape index (κ2) is 22.5. The van der Waals surface area contributed by atoms with Crippen LogP contribution in [0.1, 0.15) is 119 Å². The van der Waals surface area contributed by atoms with Gasteiger partial charge in [-0.15, -0.1) is 0 Å². The summed E-state index contributed by atoms with van der Waals surface area (Å²) in [6.45, 7) is 8.46. The fourth-order valence-corrected chi connectivity index (χ4v) is 8.65. The molecule has 6 aromatic rings. The lowest BCUT2D eigenvalue weighted by Crippen LogP contribution is -2.44. The largest absolute Gasteiger partial charge is 0.481 e. The molecule has 4 aromatic carbocycles. The van der Waals surface area contributed by atoms with Crippen LogP contribution in [0, 0.1) is 13.8 Å². The molecule has 15 nitrogen and oxygen atoms in total. The molecular formula is C53H49F6N5O10. The molecule has 388 valence electrons. The Bertz CT molecular complexity index is 3490. The number of carboxylic acids is 1. The van der Waals surface area contributed by atoms with Crippen molar-refractivity contribution in [3.05, 3.63) is 205 Å². The van der Waals surface area contributed by atoms with Crippen molar-refractivity contribution in [2.24, 2.45) is 14.1 Å². The molecule has 0 spiro atoms. The zero-order valence-corrected chi connectivity index (χ0v) is 40.9. The number of hydrogen-bond acceptors (Lipinski definition) is 10. The number of allylic oxidation sites excluding steroid dienone is 2. The summed E-state index contributed by atoms with van der Waals surface area (Å²) in [5.74, 6) is -2.04. The van der Waals surface area contributed by atoms with Crippen molar-refractivity contribution in [1.29, 1.82) is 0 Å². The Labute approximate surface area is 417 Å². The van der Waals surface area contributed by atoms with Gasteiger partial charge in [0.2, 0.25) is 0 Å². The average Bonchev–Trinajstić information content (AvgIpc) is 3.79. The van der Waals surface area contributed by atoms with E-state index in [1.165, 1.54) is 42.3 Å². The van der Waals surface area contributed by atoms with Gasteiger partial charge >= 0.3 is 23.7 Å². The van der Waals surface area contributed by atoms with Crippen molar-refractivity contribution in [2.45, 2.75) is 78.8 Å². The van der Waals surface area contributed by atoms with Gasteiger partial charge < -0.3 is 10.8 Å². The number of alkyl halides is 6. The molecule has 3 N–H and O–H groups in total. The number of hydrogen-bond donors (Lipinski definition) is 2. The van der Waals surface area contributed by atoms with Crippen LogP contribution in [-0.2, 0) is 50.8 Å². The van der Waals surface area contributed by atoms with Crippen LogP contribution >= 0.6 is 0 Å². The first-order valence-corrected chi connectivity index (χ1v) is 22.5. The van der Waals surface area contributed by atoms with E-state index in [2.05, 4.69) is 0 Å². The second-order valence-corrected chi connectivity index (χ2v) is 17.1. The lowest BCUT2D eigenvalue weighted by Gasteiger charge is -2.30. The molecular weight excluding hydrogens is 981 g/mol. The standard InChI is InChI=1S/C26H21F3N2O3.C9H7F3O.C9H6O2.C7H11N3O2.C2H4O2/c1-4-31-19-12-18-16-7-5-6-8-17(16)23(32)21(18)20(22(19)24(33)30(3)25(31)34)14-9-13(2)10-15(11-14)26(27,28)29;1-6-2-7(5-13)4-8(3-6)9(10,11)12;10-8-5-9(11)7-4-2-1-3-6(7)8;1-3-10-5(8)4-6(11)9(2)7(10)12;1-2(3)4/h5-11,20H,4,12H2,1-3H3;2-5H,1H3;1-4H,5H2;4H,3,8H2,1-2H3;1H3,(H,3,4). The van der Waals surface area contributed by atoms with Crippen molar-refractivity contribution in [2.75, 3.05) is 5.73 Å². The number of Topliss-reactive ketones (excluding diaryl/α,β-unsaturated/α-hetero) is 3. The van der Waals surface area contributed by atoms with Gasteiger partial charge in [0.25, 0.3) is 17.1 Å². The van der Waals surface area contributed by atoms with Crippen molar-refractivity contribution < 1.29 is 55.4 Å². The van der Waals surface area contributed by atoms with Crippen molar-refractivity contribution in [1.82, 2.24) is 18.3 Å². The number of carboxylic acid groups (broad SMARTS) is 1. The maximum absolute atomic E-state index is 13.7. The molecule has 1 unspecified atom stereocenters. The highest BCUT2D eigenvalue weighted by molar-refractivity contribution is 6.24. The number of rotatable bonds is 4. The SMILES string of the molecule is CC(=O)O.CCn1c(N)cc(=O)n(C)c1=O.CCn1c2c(c(=O)n(C)c1=O)C(c1cc(C)cc(C(F)(F)F)c1)C1=C(C2)c2ccccc2C1=O.Cc1cc(C=O)cc(C(F)(F)F)c1.O=C1CC(=O)c2ccccc21. The number of nitrogens with two attached hydrogens (primary N) is 1. The summed E-state index contributed by atoms with van der Waals surface area (Å²) < 4.78 is 82.4. The number of nitrogens with zero attached hydrogens (tertiary/aromatic N) is 4. The van der Waals surface area contributed by atoms with Gasteiger partial charge in [-0.2, -0.15) is 26.3 Å². The molecule has 74 heavy (non-hydrogen) atoms. The number of nitrogen functional groups attached to an aromatic ring is 1. The smallest absolute Gasteiger partial charge is 0.416 e. The highest BCUT2D eigenvalue weighted by Crippen LogP contribution is 2.49. The number of carbonyl (C=O) groups excluding carboxylic acids is 4. The van der Waals surface area contributed by atoms with E-state index in [4.69, 9.17) is 15.6 Å². The zero-order chi connectivity index (χ0) is 55.3. The molecule has 0 amide bonds. The number of aryl methyl sites for hydroxylation is 2. The van der Waals surface area contributed by atoms with E-state index in [-0.39, 0.29) is 70.5 Å². The van der Waals surface area contributed by atoms with Gasteiger partial charge in [-0.05, 0) is 80.3 Å². The summed E-state index contributed by atoms with van der Waals surface area (Å²) in [6, 6.07) is 22.1. The minimum atomic E-state index is -4.59. The predicted octanol–water partition coefficient (Wildman–Crippen LogP) is 7.75. The number of ketones is 3. The van der Waals surface area contributed by atoms with Crippen LogP contribution in [-0.4, -0.2) is 53.0 Å². The topological polar surface area (TPSA) is 220 Å². The molecule has 0 fully saturated rings. The van der Waals surface area contributed by atoms with E-state index < -0.39 is 46.6 Å². The van der Waals surface area contributed by atoms with Gasteiger partial charge in [0.1, 0.15) is 12.1 Å². The van der Waals surface area contributed by atoms with Gasteiger partial charge in [0.05, 0.1) is 17.5 Å². The van der Waals surface area contributed by atoms with Gasteiger partial charge in [0, 0.05) is 91.6 Å². The number of halogens is 6. The third kappa shape index (κ3) is 12.0. The highest BCUT2D eigenvalue weighted by Gasteiger charge is 2.43. The summed E-state index contributed by atoms with van der Waals surface area (Å²) >= 11 is 0. The Kier molecular flexibility index (Phi) is 17.2. The summed E-state index contributed by atoms with van der Waals surface area (Å²) in [5, 5.41) is 7.42. The summed E-state index contributed by atoms with van der Waals surface area (Å²) in [6.07, 6.45) is -8.34. The van der Waals surface area contributed by atoms with Crippen LogP contribution in [0.3, 0.4) is 0 Å². The summed E-state index contributed by atoms with van der Waals surface area (Å²) in [4.78, 5) is 104. The van der Waals surface area contributed by atoms with E-state index in [0.29, 0.717) is 63.1 Å². The lowest BCUT2D eigenvalue weighted by molar-refractivity contribution is -0.138. The Hall–Kier alpha value is -8.49. The molecule has 0 aliphatic heterocycles. The monoisotopic (exact) mass is 1030 g/mol. The van der Waals surface area contributed by atoms with E-state index in [9.17, 15) is 64.7 Å². The first-order chi connectivity index (χ1) is 34.6. The minimum absolute atomic E-state index is 0.0484. The average molecular weight is 1030 g/mol. The summed E-state index contributed by atoms with van der Waals surface area (Å²) in [5.41, 5.74) is 6.94. The van der Waals surface area contributed by atoms with Crippen LogP contribution in [0.2, 0.25) is 0 Å². The lowest BCUT2D eigenvalue weighted by atomic mass is 9.76. The summed E-state index contributed by atoms with van der Waals surface area (Å²) in [7, 11) is 2.77. The maximum atomic E-state index is 13.7. The molecule has 9 rings (SSSR count). The molecule has 0 saturated heterocycles. The van der Waals surface area contributed by atoms with Gasteiger partial charge in [-0.3, -0.25) is 51.8 Å². The van der Waals surface area contributed by atoms with Crippen molar-refractivity contribution in [3.8, 4) is 0 Å². The molecule has 21 heteroatoms. The molecule has 0 radical (unpaired) electrons. The highest BCUT2D eigenvalue weighted by atomic mass is 19.4. The zero-order valence-electron chi connectivity index (χ0n) is 40.9. The number of aromatic nitrogens is 4. The van der Waals surface area contributed by atoms with Crippen LogP contribution in [0.15, 0.2) is 116 Å². The molecule has 2 heterocycles. The number of aliphatic carboxylic acids is 1. The first-order valence-electron chi connectivity index (χ1n) is 22.5. The Morgan fingerprint density at radius 3 is 1.65 bits per heavy atom. The van der Waals surface area contributed by atoms with Crippen molar-refractivity contribution in [3.63, 3.8) is 0 Å². The quantitative estimate of drug-likeness (QED) is 0.0988. The van der Waals surface area contributed by atoms with Crippen LogP contribution in [0.25, 0.3) is 5.57 Å². The minimum Gasteiger partial charge on any atom is -0.481 e. The third-order valence-corrected chi connectivity index (χ3v) is 11.9. The predicted molar refractivity (Wildman–Crippen MR) is 262 cm³/mol. The molecule has 0 bridgehead atoms. The number of aldehydes is 1. The van der Waals surface area contributed by atoms with Gasteiger partial charge in [0.15, 0.2) is 17.3 Å². The number of benzene rings is 4. The van der Waals surface area contributed by atoms with E-state index in [1.54, 1.807) is 75.4 Å². The van der Waals surface area contributed by atoms with E-state index in [0.717, 1.165) is 40.3 Å².